The molecule has 22 heavy (non-hydrogen) atoms. The molecule has 2 rings (SSSR count). The maximum absolute atomic E-state index is 10.8. The zero-order valence-electron chi connectivity index (χ0n) is 14.3. The number of benzene rings is 2. The third kappa shape index (κ3) is 3.41. The molecule has 0 spiro atoms. The van der Waals surface area contributed by atoms with Crippen LogP contribution in [0.25, 0.3) is 11.1 Å². The Kier molecular flexibility index (Phi) is 5.42. The molecular weight excluding hydrogens is 268 g/mol. The Labute approximate surface area is 135 Å². The van der Waals surface area contributed by atoms with E-state index in [1.807, 2.05) is 19.9 Å². The second-order valence-corrected chi connectivity index (χ2v) is 6.22. The Hall–Kier alpha value is -1.60. The number of aryl methyl sites for hydroxylation is 2. The van der Waals surface area contributed by atoms with Crippen LogP contribution in [0.15, 0.2) is 42.5 Å². The van der Waals surface area contributed by atoms with E-state index in [0.29, 0.717) is 0 Å². The predicted octanol–water partition coefficient (Wildman–Crippen LogP) is 5.62. The molecule has 0 unspecified atom stereocenters. The van der Waals surface area contributed by atoms with Gasteiger partial charge in [0.25, 0.3) is 0 Å². The molecule has 1 heteroatoms. The highest BCUT2D eigenvalue weighted by atomic mass is 16.3. The summed E-state index contributed by atoms with van der Waals surface area (Å²) in [5.41, 5.74) is 5.46. The van der Waals surface area contributed by atoms with Gasteiger partial charge in [-0.25, -0.2) is 0 Å². The minimum Gasteiger partial charge on any atom is -0.385 e. The molecule has 0 bridgehead atoms. The summed E-state index contributed by atoms with van der Waals surface area (Å²) in [5.74, 6) is 0. The monoisotopic (exact) mass is 296 g/mol. The molecule has 0 aliphatic rings. The Bertz CT molecular complexity index is 624. The fraction of sp³-hybridized carbons (Fsp3) is 0.429. The lowest BCUT2D eigenvalue weighted by Gasteiger charge is -2.26. The maximum atomic E-state index is 10.8. The molecule has 1 N–H and O–H groups in total. The Balaban J connectivity index is 2.42. The van der Waals surface area contributed by atoms with Gasteiger partial charge in [0.1, 0.15) is 0 Å². The summed E-state index contributed by atoms with van der Waals surface area (Å²) in [6.45, 7) is 8.47. The molecule has 0 fully saturated rings. The van der Waals surface area contributed by atoms with Gasteiger partial charge in [-0.3, -0.25) is 0 Å². The van der Waals surface area contributed by atoms with Crippen LogP contribution in [0, 0.1) is 6.92 Å². The third-order valence-corrected chi connectivity index (χ3v) is 4.71. The fourth-order valence-electron chi connectivity index (χ4n) is 3.13. The van der Waals surface area contributed by atoms with E-state index in [9.17, 15) is 5.11 Å². The van der Waals surface area contributed by atoms with E-state index < -0.39 is 5.60 Å². The molecule has 0 radical (unpaired) electrons. The first kappa shape index (κ1) is 16.8. The fourth-order valence-corrected chi connectivity index (χ4v) is 3.13. The summed E-state index contributed by atoms with van der Waals surface area (Å²) in [5, 5.41) is 10.8. The number of aliphatic hydroxyl groups is 1. The molecule has 0 aromatic heterocycles. The van der Waals surface area contributed by atoms with Crippen molar-refractivity contribution in [2.24, 2.45) is 0 Å². The average molecular weight is 296 g/mol. The standard InChI is InChI=1S/C21H28O/c1-5-9-17-12-13-20(16(4)14-17)18-10-8-11-19(15-18)21(22,6-2)7-3/h8,10-15,22H,5-7,9H2,1-4H3. The van der Waals surface area contributed by atoms with Crippen LogP contribution in [0.2, 0.25) is 0 Å². The van der Waals surface area contributed by atoms with Crippen LogP contribution in [0.5, 0.6) is 0 Å². The van der Waals surface area contributed by atoms with Crippen molar-refractivity contribution in [1.82, 2.24) is 0 Å². The van der Waals surface area contributed by atoms with Crippen LogP contribution >= 0.6 is 0 Å². The van der Waals surface area contributed by atoms with Crippen molar-refractivity contribution < 1.29 is 5.11 Å². The molecule has 2 aromatic carbocycles. The van der Waals surface area contributed by atoms with Crippen molar-refractivity contribution in [1.29, 1.82) is 0 Å². The van der Waals surface area contributed by atoms with Gasteiger partial charge in [-0.1, -0.05) is 63.6 Å². The summed E-state index contributed by atoms with van der Waals surface area (Å²) in [6, 6.07) is 15.1. The normalized spacial score (nSPS) is 11.7. The van der Waals surface area contributed by atoms with E-state index >= 15 is 0 Å². The van der Waals surface area contributed by atoms with Gasteiger partial charge in [0.15, 0.2) is 0 Å². The molecule has 118 valence electrons. The predicted molar refractivity (Wildman–Crippen MR) is 95.1 cm³/mol. The summed E-state index contributed by atoms with van der Waals surface area (Å²) >= 11 is 0. The van der Waals surface area contributed by atoms with Crippen molar-refractivity contribution in [3.8, 4) is 11.1 Å². The van der Waals surface area contributed by atoms with Crippen molar-refractivity contribution in [3.63, 3.8) is 0 Å². The quantitative estimate of drug-likeness (QED) is 0.733. The minimum atomic E-state index is -0.716. The average Bonchev–Trinajstić information content (AvgIpc) is 2.54. The Morgan fingerprint density at radius 3 is 2.27 bits per heavy atom. The van der Waals surface area contributed by atoms with Crippen molar-refractivity contribution in [2.45, 2.75) is 59.0 Å². The van der Waals surface area contributed by atoms with Gasteiger partial charge in [-0.2, -0.15) is 0 Å². The lowest BCUT2D eigenvalue weighted by atomic mass is 9.86. The van der Waals surface area contributed by atoms with Crippen LogP contribution in [0.1, 0.15) is 56.7 Å². The lowest BCUT2D eigenvalue weighted by Crippen LogP contribution is -2.23. The number of hydrogen-bond donors (Lipinski definition) is 1. The van der Waals surface area contributed by atoms with Gasteiger partial charge < -0.3 is 5.11 Å². The number of hydrogen-bond acceptors (Lipinski definition) is 1. The SMILES string of the molecule is CCCc1ccc(-c2cccc(C(O)(CC)CC)c2)c(C)c1. The minimum absolute atomic E-state index is 0.716. The molecule has 0 heterocycles. The molecule has 1 nitrogen and oxygen atoms in total. The smallest absolute Gasteiger partial charge is 0.0891 e. The van der Waals surface area contributed by atoms with E-state index in [2.05, 4.69) is 50.2 Å². The zero-order valence-corrected chi connectivity index (χ0v) is 14.3. The zero-order chi connectivity index (χ0) is 16.2. The summed E-state index contributed by atoms with van der Waals surface area (Å²) < 4.78 is 0. The van der Waals surface area contributed by atoms with Gasteiger partial charge in [-0.05, 0) is 60.1 Å². The van der Waals surface area contributed by atoms with Crippen LogP contribution in [-0.2, 0) is 12.0 Å². The second kappa shape index (κ2) is 7.11. The maximum Gasteiger partial charge on any atom is 0.0891 e. The molecule has 0 amide bonds. The molecule has 0 saturated heterocycles. The van der Waals surface area contributed by atoms with Crippen molar-refractivity contribution in [3.05, 3.63) is 59.2 Å². The topological polar surface area (TPSA) is 20.2 Å². The van der Waals surface area contributed by atoms with Gasteiger partial charge >= 0.3 is 0 Å². The molecule has 0 aliphatic carbocycles. The lowest BCUT2D eigenvalue weighted by molar-refractivity contribution is 0.0284. The van der Waals surface area contributed by atoms with Crippen LogP contribution in [-0.4, -0.2) is 5.11 Å². The van der Waals surface area contributed by atoms with Crippen molar-refractivity contribution in [2.75, 3.05) is 0 Å². The van der Waals surface area contributed by atoms with Crippen LogP contribution in [0.4, 0.5) is 0 Å². The summed E-state index contributed by atoms with van der Waals surface area (Å²) in [6.07, 6.45) is 3.78. The van der Waals surface area contributed by atoms with E-state index in [0.717, 1.165) is 24.8 Å². The highest BCUT2D eigenvalue weighted by Crippen LogP contribution is 2.32. The van der Waals surface area contributed by atoms with Crippen LogP contribution in [0.3, 0.4) is 0 Å². The van der Waals surface area contributed by atoms with E-state index in [4.69, 9.17) is 0 Å². The van der Waals surface area contributed by atoms with E-state index in [-0.39, 0.29) is 0 Å². The largest absolute Gasteiger partial charge is 0.385 e. The van der Waals surface area contributed by atoms with E-state index in [1.165, 1.54) is 28.7 Å². The van der Waals surface area contributed by atoms with Crippen LogP contribution < -0.4 is 0 Å². The number of rotatable bonds is 6. The first-order chi connectivity index (χ1) is 10.5. The van der Waals surface area contributed by atoms with E-state index in [1.54, 1.807) is 0 Å². The Morgan fingerprint density at radius 1 is 0.955 bits per heavy atom. The summed E-state index contributed by atoms with van der Waals surface area (Å²) in [4.78, 5) is 0. The van der Waals surface area contributed by atoms with Gasteiger partial charge in [0.2, 0.25) is 0 Å². The van der Waals surface area contributed by atoms with Gasteiger partial charge in [-0.15, -0.1) is 0 Å². The first-order valence-corrected chi connectivity index (χ1v) is 8.46. The van der Waals surface area contributed by atoms with Gasteiger partial charge in [0.05, 0.1) is 5.60 Å². The third-order valence-electron chi connectivity index (χ3n) is 4.71. The van der Waals surface area contributed by atoms with Gasteiger partial charge in [0, 0.05) is 0 Å². The second-order valence-electron chi connectivity index (χ2n) is 6.22. The molecule has 2 aromatic rings. The Morgan fingerprint density at radius 2 is 1.68 bits per heavy atom. The molecule has 0 aliphatic heterocycles. The highest BCUT2D eigenvalue weighted by Gasteiger charge is 2.24. The molecule has 0 saturated carbocycles. The highest BCUT2D eigenvalue weighted by molar-refractivity contribution is 5.68. The summed E-state index contributed by atoms with van der Waals surface area (Å²) in [7, 11) is 0. The molecule has 0 atom stereocenters. The van der Waals surface area contributed by atoms with Crippen molar-refractivity contribution >= 4 is 0 Å². The first-order valence-electron chi connectivity index (χ1n) is 8.46. The molecular formula is C21H28O.